The summed E-state index contributed by atoms with van der Waals surface area (Å²) < 4.78 is 99.1. The van der Waals surface area contributed by atoms with Crippen LogP contribution in [0, 0.1) is 11.8 Å². The van der Waals surface area contributed by atoms with Crippen molar-refractivity contribution in [3.8, 4) is 0 Å². The maximum atomic E-state index is 14.5. The topological polar surface area (TPSA) is 171 Å². The van der Waals surface area contributed by atoms with Crippen molar-refractivity contribution in [2.24, 2.45) is 11.8 Å². The van der Waals surface area contributed by atoms with Crippen LogP contribution in [0.3, 0.4) is 0 Å². The van der Waals surface area contributed by atoms with Crippen molar-refractivity contribution in [2.45, 2.75) is 252 Å². The van der Waals surface area contributed by atoms with E-state index < -0.39 is 88.8 Å². The van der Waals surface area contributed by atoms with Gasteiger partial charge in [0.05, 0.1) is 79.7 Å². The first kappa shape index (κ1) is 51.1. The summed E-state index contributed by atoms with van der Waals surface area (Å²) in [7, 11) is -3.49. The normalized spacial score (nSPS) is 46.9. The molecule has 1 spiro atoms. The van der Waals surface area contributed by atoms with Gasteiger partial charge < -0.3 is 60.8 Å². The molecule has 11 heterocycles. The summed E-state index contributed by atoms with van der Waals surface area (Å²) in [6, 6.07) is 0. The van der Waals surface area contributed by atoms with Crippen molar-refractivity contribution in [3.05, 3.63) is 24.3 Å². The highest BCUT2D eigenvalue weighted by Gasteiger charge is 2.69. The van der Waals surface area contributed by atoms with Crippen LogP contribution in [0.15, 0.2) is 24.3 Å². The number of fused-ring (bicyclic) bond motifs is 7. The lowest BCUT2D eigenvalue weighted by atomic mass is 9.79. The van der Waals surface area contributed by atoms with Gasteiger partial charge in [0.2, 0.25) is 0 Å². The summed E-state index contributed by atoms with van der Waals surface area (Å²) in [5, 5.41) is -0.134. The highest BCUT2D eigenvalue weighted by molar-refractivity contribution is 7.54. The van der Waals surface area contributed by atoms with Crippen LogP contribution >= 0.6 is 7.60 Å². The first-order valence-corrected chi connectivity index (χ1v) is 30.7. The van der Waals surface area contributed by atoms with Crippen LogP contribution in [0.1, 0.15) is 118 Å². The summed E-state index contributed by atoms with van der Waals surface area (Å²) >= 11 is 0. The minimum atomic E-state index is -3.63. The Hall–Kier alpha value is -1.41. The first-order chi connectivity index (χ1) is 32.6. The lowest BCUT2D eigenvalue weighted by Gasteiger charge is -2.53. The third kappa shape index (κ3) is 10.0. The number of Topliss-reactive ketones (excluding diaryl/α,β-unsaturated/α-hetero) is 1. The average molecular weight is 1010 g/mol. The Labute approximate surface area is 409 Å². The lowest BCUT2D eigenvalue weighted by molar-refractivity contribution is -0.293. The van der Waals surface area contributed by atoms with Crippen LogP contribution in [0.2, 0.25) is 18.1 Å². The number of carbonyl (C=O) groups is 2. The monoisotopic (exact) mass is 1010 g/mol. The van der Waals surface area contributed by atoms with Gasteiger partial charge in [0.15, 0.2) is 14.1 Å². The Kier molecular flexibility index (Phi) is 14.3. The van der Waals surface area contributed by atoms with Crippen LogP contribution in [-0.4, -0.2) is 156 Å². The number of carbonyl (C=O) groups excluding carboxylic acids is 2. The molecule has 0 radical (unpaired) electrons. The fraction of sp³-hybridized carbons (Fsp3) is 0.882. The van der Waals surface area contributed by atoms with E-state index in [0.29, 0.717) is 38.5 Å². The van der Waals surface area contributed by atoms with Gasteiger partial charge in [0, 0.05) is 52.2 Å². The number of rotatable bonds is 8. The summed E-state index contributed by atoms with van der Waals surface area (Å²) in [5.41, 5.74) is 2.11. The Morgan fingerprint density at radius 2 is 1.41 bits per heavy atom. The van der Waals surface area contributed by atoms with E-state index in [4.69, 9.17) is 60.8 Å². The summed E-state index contributed by atoms with van der Waals surface area (Å²) in [6.45, 7) is 24.2. The molecule has 0 unspecified atom stereocenters. The SMILES string of the molecule is C=C1C[C@@H]2CC[C@@]34C[C@H]5O[C@H]6[C@@H](O3)[C@H]3O[C@H](CC[C@@H]3O[C@H]6[C@H]5O4)CC(=O)O[C@@H]3[C@@H](C)[C@@H]4O[C@H](CC(=O)CP(=O)(OC)OC)[C@H](O[Si](C)(C)C(C)(C)C)C[C@@H]4O[C@H]3C[C@H]3O[C@@H](CC[C@@H]1O2)C[C@@H](C)C3=C. The molecule has 0 aromatic carbocycles. The molecule has 16 nitrogen and oxygen atoms in total. The molecule has 0 saturated carbocycles. The van der Waals surface area contributed by atoms with Crippen molar-refractivity contribution < 1.29 is 75.0 Å². The van der Waals surface area contributed by atoms with Crippen molar-refractivity contribution in [3.63, 3.8) is 0 Å². The standard InChI is InChI=1S/C51H79O16PSi/c1-26-18-31-12-14-34-27(2)19-33(57-34)16-17-51-24-41-46(65-51)47-48(63-41)49(66-51)45-35(61-47)15-13-32(59-45)21-42(53)64-44-29(4)43-40(60-39(44)22-36(58-31)28(26)3)23-38(67-69(10,11)50(5,6)7)37(62-43)20-30(52)25-68(54,55-8)56-9/h26,29,31-41,43-49H,2-3,12-25H2,1,4-11H3/t26-,29+,31+,32-,33+,34+,35+,36-,37-,38-,39+,40+,41-,43+,44-,45+,46+,47+,48-,49+,51+/m1/s1. The van der Waals surface area contributed by atoms with E-state index in [1.54, 1.807) is 0 Å². The fourth-order valence-electron chi connectivity index (χ4n) is 13.1. The van der Waals surface area contributed by atoms with Crippen molar-refractivity contribution in [2.75, 3.05) is 20.4 Å². The second kappa shape index (κ2) is 19.4. The van der Waals surface area contributed by atoms with Crippen molar-refractivity contribution in [1.82, 2.24) is 0 Å². The summed E-state index contributed by atoms with van der Waals surface area (Å²) in [4.78, 5) is 28.2. The smallest absolute Gasteiger partial charge is 0.337 e. The molecule has 69 heavy (non-hydrogen) atoms. The van der Waals surface area contributed by atoms with Gasteiger partial charge in [-0.2, -0.15) is 0 Å². The maximum absolute atomic E-state index is 14.5. The van der Waals surface area contributed by atoms with Gasteiger partial charge in [-0.05, 0) is 80.1 Å². The molecule has 11 saturated heterocycles. The minimum absolute atomic E-state index is 0.00568. The zero-order valence-corrected chi connectivity index (χ0v) is 44.2. The summed E-state index contributed by atoms with van der Waals surface area (Å²) in [5.74, 6) is -1.73. The van der Waals surface area contributed by atoms with Gasteiger partial charge in [-0.15, -0.1) is 0 Å². The highest BCUT2D eigenvalue weighted by Crippen LogP contribution is 2.55. The number of hydrogen-bond donors (Lipinski definition) is 0. The quantitative estimate of drug-likeness (QED) is 0.100. The predicted octanol–water partition coefficient (Wildman–Crippen LogP) is 7.68. The molecular formula is C51H79O16PSi. The largest absolute Gasteiger partial charge is 0.459 e. The number of ketones is 1. The molecule has 18 heteroatoms. The lowest BCUT2D eigenvalue weighted by Crippen LogP contribution is -2.63. The molecule has 11 aliphatic rings. The Bertz CT molecular complexity index is 2000. The van der Waals surface area contributed by atoms with Crippen LogP contribution in [0.5, 0.6) is 0 Å². The third-order valence-corrected chi connectivity index (χ3v) is 24.4. The molecule has 0 aromatic heterocycles. The fourth-order valence-corrected chi connectivity index (χ4v) is 15.4. The van der Waals surface area contributed by atoms with E-state index in [0.717, 1.165) is 43.3 Å². The molecular weight excluding hydrogens is 928 g/mol. The van der Waals surface area contributed by atoms with E-state index in [1.165, 1.54) is 14.2 Å². The number of hydrogen-bond acceptors (Lipinski definition) is 16. The van der Waals surface area contributed by atoms with Gasteiger partial charge in [0.1, 0.15) is 48.6 Å². The first-order valence-electron chi connectivity index (χ1n) is 26.0. The second-order valence-electron chi connectivity index (χ2n) is 23.7. The Morgan fingerprint density at radius 3 is 2.16 bits per heavy atom. The Morgan fingerprint density at radius 1 is 0.725 bits per heavy atom. The van der Waals surface area contributed by atoms with E-state index in [1.807, 2.05) is 6.92 Å². The van der Waals surface area contributed by atoms with Gasteiger partial charge >= 0.3 is 13.6 Å². The van der Waals surface area contributed by atoms with Crippen molar-refractivity contribution >= 4 is 27.7 Å². The predicted molar refractivity (Wildman–Crippen MR) is 253 cm³/mol. The van der Waals surface area contributed by atoms with E-state index in [-0.39, 0.29) is 90.4 Å². The van der Waals surface area contributed by atoms with E-state index >= 15 is 0 Å². The molecule has 0 amide bonds. The number of ether oxygens (including phenoxy) is 10. The van der Waals surface area contributed by atoms with Crippen LogP contribution in [0.4, 0.5) is 0 Å². The third-order valence-electron chi connectivity index (χ3n) is 18.0. The second-order valence-corrected chi connectivity index (χ2v) is 30.7. The average Bonchev–Trinajstić information content (AvgIpc) is 3.88. The van der Waals surface area contributed by atoms with Crippen molar-refractivity contribution in [1.29, 1.82) is 0 Å². The molecule has 388 valence electrons. The summed E-state index contributed by atoms with van der Waals surface area (Å²) in [6.07, 6.45) is 0.640. The molecule has 11 fully saturated rings. The highest BCUT2D eigenvalue weighted by atomic mass is 31.2. The molecule has 12 bridgehead atoms. The van der Waals surface area contributed by atoms with Crippen LogP contribution in [-0.2, 0) is 75.0 Å². The van der Waals surface area contributed by atoms with Crippen LogP contribution in [0.25, 0.3) is 0 Å². The van der Waals surface area contributed by atoms with E-state index in [9.17, 15) is 14.2 Å². The molecule has 11 rings (SSSR count). The van der Waals surface area contributed by atoms with Gasteiger partial charge in [-0.3, -0.25) is 14.2 Å². The molecule has 0 aliphatic carbocycles. The number of esters is 1. The van der Waals surface area contributed by atoms with Gasteiger partial charge in [-0.1, -0.05) is 47.8 Å². The Balaban J connectivity index is 0.935. The van der Waals surface area contributed by atoms with Gasteiger partial charge in [-0.25, -0.2) is 0 Å². The maximum Gasteiger partial charge on any atom is 0.337 e. The zero-order chi connectivity index (χ0) is 48.9. The molecule has 21 atom stereocenters. The molecule has 0 aromatic rings. The van der Waals surface area contributed by atoms with E-state index in [2.05, 4.69) is 53.9 Å². The van der Waals surface area contributed by atoms with Crippen LogP contribution < -0.4 is 0 Å². The van der Waals surface area contributed by atoms with Gasteiger partial charge in [0.25, 0.3) is 0 Å². The molecule has 11 aliphatic heterocycles. The molecule has 0 N–H and O–H groups in total. The minimum Gasteiger partial charge on any atom is -0.459 e. The zero-order valence-electron chi connectivity index (χ0n) is 42.3.